The summed E-state index contributed by atoms with van der Waals surface area (Å²) in [6, 6.07) is 4.20. The molecule has 0 radical (unpaired) electrons. The largest absolute Gasteiger partial charge is 0.396 e. The van der Waals surface area contributed by atoms with Gasteiger partial charge in [0.2, 0.25) is 0 Å². The van der Waals surface area contributed by atoms with E-state index < -0.39 is 5.82 Å². The smallest absolute Gasteiger partial charge is 0.166 e. The molecule has 0 bridgehead atoms. The number of anilines is 1. The monoisotopic (exact) mass is 209 g/mol. The first kappa shape index (κ1) is 11.7. The van der Waals surface area contributed by atoms with Gasteiger partial charge in [-0.3, -0.25) is 4.79 Å². The number of hydrogen-bond acceptors (Lipinski definition) is 2. The Balaban J connectivity index is 2.97. The van der Waals surface area contributed by atoms with Crippen molar-refractivity contribution in [3.63, 3.8) is 0 Å². The molecule has 2 N–H and O–H groups in total. The van der Waals surface area contributed by atoms with Gasteiger partial charge in [0.25, 0.3) is 0 Å². The highest BCUT2D eigenvalue weighted by molar-refractivity contribution is 5.98. The molecule has 0 heterocycles. The average molecular weight is 209 g/mol. The second-order valence-corrected chi connectivity index (χ2v) is 4.13. The Kier molecular flexibility index (Phi) is 3.45. The quantitative estimate of drug-likeness (QED) is 0.614. The number of carbonyl (C=O) groups excluding carboxylic acids is 1. The Morgan fingerprint density at radius 1 is 1.33 bits per heavy atom. The van der Waals surface area contributed by atoms with E-state index >= 15 is 0 Å². The summed E-state index contributed by atoms with van der Waals surface area (Å²) in [7, 11) is 0. The van der Waals surface area contributed by atoms with E-state index in [1.54, 1.807) is 6.07 Å². The number of hydrogen-bond donors (Lipinski definition) is 1. The van der Waals surface area contributed by atoms with Gasteiger partial charge in [0.15, 0.2) is 5.78 Å². The predicted octanol–water partition coefficient (Wildman–Crippen LogP) is 2.88. The standard InChI is InChI=1S/C12H16FNO/c1-7(2)8(3)12(15)9-4-5-11(14)10(13)6-9/h4-8H,14H2,1-3H3. The van der Waals surface area contributed by atoms with Gasteiger partial charge >= 0.3 is 0 Å². The first-order valence-corrected chi connectivity index (χ1v) is 5.02. The van der Waals surface area contributed by atoms with Crippen molar-refractivity contribution in [3.8, 4) is 0 Å². The molecule has 3 heteroatoms. The van der Waals surface area contributed by atoms with Crippen LogP contribution in [-0.4, -0.2) is 5.78 Å². The molecule has 0 spiro atoms. The van der Waals surface area contributed by atoms with Gasteiger partial charge in [0, 0.05) is 11.5 Å². The fraction of sp³-hybridized carbons (Fsp3) is 0.417. The fourth-order valence-corrected chi connectivity index (χ4v) is 1.25. The Labute approximate surface area is 89.3 Å². The normalized spacial score (nSPS) is 12.9. The zero-order valence-corrected chi connectivity index (χ0v) is 9.25. The molecule has 0 amide bonds. The lowest BCUT2D eigenvalue weighted by Gasteiger charge is -2.14. The molecule has 1 aromatic carbocycles. The molecule has 2 nitrogen and oxygen atoms in total. The molecule has 0 aliphatic carbocycles. The molecule has 0 saturated heterocycles. The first-order chi connectivity index (χ1) is 6.93. The summed E-state index contributed by atoms with van der Waals surface area (Å²) in [4.78, 5) is 11.8. The van der Waals surface area contributed by atoms with E-state index in [4.69, 9.17) is 5.73 Å². The predicted molar refractivity (Wildman–Crippen MR) is 59.1 cm³/mol. The van der Waals surface area contributed by atoms with Crippen LogP contribution in [0.3, 0.4) is 0 Å². The van der Waals surface area contributed by atoms with Crippen LogP contribution >= 0.6 is 0 Å². The molecule has 0 fully saturated rings. The summed E-state index contributed by atoms with van der Waals surface area (Å²) >= 11 is 0. The van der Waals surface area contributed by atoms with Crippen molar-refractivity contribution in [1.29, 1.82) is 0 Å². The fourth-order valence-electron chi connectivity index (χ4n) is 1.25. The second-order valence-electron chi connectivity index (χ2n) is 4.13. The highest BCUT2D eigenvalue weighted by Crippen LogP contribution is 2.19. The SMILES string of the molecule is CC(C)C(C)C(=O)c1ccc(N)c(F)c1. The van der Waals surface area contributed by atoms with Gasteiger partial charge in [0.05, 0.1) is 5.69 Å². The molecule has 0 saturated carbocycles. The number of Topliss-reactive ketones (excluding diaryl/α,β-unsaturated/α-hetero) is 1. The number of nitrogens with two attached hydrogens (primary N) is 1. The van der Waals surface area contributed by atoms with Crippen molar-refractivity contribution in [2.24, 2.45) is 11.8 Å². The highest BCUT2D eigenvalue weighted by Gasteiger charge is 2.19. The van der Waals surface area contributed by atoms with Crippen LogP contribution in [0.15, 0.2) is 18.2 Å². The van der Waals surface area contributed by atoms with Crippen LogP contribution in [-0.2, 0) is 0 Å². The summed E-state index contributed by atoms with van der Waals surface area (Å²) < 4.78 is 13.1. The summed E-state index contributed by atoms with van der Waals surface area (Å²) in [6.45, 7) is 5.79. The Bertz CT molecular complexity index is 374. The van der Waals surface area contributed by atoms with E-state index in [0.29, 0.717) is 5.56 Å². The number of carbonyl (C=O) groups is 1. The first-order valence-electron chi connectivity index (χ1n) is 5.02. The minimum atomic E-state index is -0.531. The molecule has 0 aliphatic rings. The van der Waals surface area contributed by atoms with Crippen molar-refractivity contribution < 1.29 is 9.18 Å². The van der Waals surface area contributed by atoms with Crippen LogP contribution in [0.5, 0.6) is 0 Å². The third kappa shape index (κ3) is 2.55. The van der Waals surface area contributed by atoms with Crippen molar-refractivity contribution in [3.05, 3.63) is 29.6 Å². The zero-order valence-electron chi connectivity index (χ0n) is 9.25. The van der Waals surface area contributed by atoms with Crippen LogP contribution < -0.4 is 5.73 Å². The van der Waals surface area contributed by atoms with Crippen molar-refractivity contribution in [2.75, 3.05) is 5.73 Å². The van der Waals surface area contributed by atoms with Crippen LogP contribution in [0.2, 0.25) is 0 Å². The highest BCUT2D eigenvalue weighted by atomic mass is 19.1. The number of rotatable bonds is 3. The Morgan fingerprint density at radius 2 is 1.93 bits per heavy atom. The third-order valence-electron chi connectivity index (χ3n) is 2.70. The molecule has 1 aromatic rings. The molecule has 1 rings (SSSR count). The lowest BCUT2D eigenvalue weighted by molar-refractivity contribution is 0.0899. The van der Waals surface area contributed by atoms with E-state index in [2.05, 4.69) is 0 Å². The Hall–Kier alpha value is -1.38. The van der Waals surface area contributed by atoms with Gasteiger partial charge in [0.1, 0.15) is 5.82 Å². The van der Waals surface area contributed by atoms with Gasteiger partial charge in [-0.1, -0.05) is 20.8 Å². The van der Waals surface area contributed by atoms with Gasteiger partial charge < -0.3 is 5.73 Å². The maximum absolute atomic E-state index is 13.1. The van der Waals surface area contributed by atoms with Gasteiger partial charge in [-0.2, -0.15) is 0 Å². The van der Waals surface area contributed by atoms with E-state index in [0.717, 1.165) is 0 Å². The third-order valence-corrected chi connectivity index (χ3v) is 2.70. The molecule has 1 atom stereocenters. The average Bonchev–Trinajstić information content (AvgIpc) is 2.19. The van der Waals surface area contributed by atoms with Gasteiger partial charge in [-0.25, -0.2) is 4.39 Å². The van der Waals surface area contributed by atoms with Crippen molar-refractivity contribution >= 4 is 11.5 Å². The summed E-state index contributed by atoms with van der Waals surface area (Å²) in [5.41, 5.74) is 5.80. The maximum Gasteiger partial charge on any atom is 0.166 e. The molecule has 15 heavy (non-hydrogen) atoms. The lowest BCUT2D eigenvalue weighted by atomic mass is 9.90. The van der Waals surface area contributed by atoms with Gasteiger partial charge in [-0.15, -0.1) is 0 Å². The molecule has 0 aliphatic heterocycles. The number of halogens is 1. The second kappa shape index (κ2) is 4.43. The van der Waals surface area contributed by atoms with E-state index in [1.807, 2.05) is 20.8 Å². The molecule has 0 aromatic heterocycles. The Morgan fingerprint density at radius 3 is 2.40 bits per heavy atom. The molecule has 1 unspecified atom stereocenters. The topological polar surface area (TPSA) is 43.1 Å². The van der Waals surface area contributed by atoms with Gasteiger partial charge in [-0.05, 0) is 24.1 Å². The zero-order chi connectivity index (χ0) is 11.6. The summed E-state index contributed by atoms with van der Waals surface area (Å²) in [6.07, 6.45) is 0. The minimum Gasteiger partial charge on any atom is -0.396 e. The molecular formula is C12H16FNO. The summed E-state index contributed by atoms with van der Waals surface area (Å²) in [5.74, 6) is -0.424. The minimum absolute atomic E-state index is 0.0381. The van der Waals surface area contributed by atoms with E-state index in [9.17, 15) is 9.18 Å². The van der Waals surface area contributed by atoms with Crippen LogP contribution in [0.1, 0.15) is 31.1 Å². The molecular weight excluding hydrogens is 193 g/mol. The maximum atomic E-state index is 13.1. The van der Waals surface area contributed by atoms with Crippen molar-refractivity contribution in [2.45, 2.75) is 20.8 Å². The van der Waals surface area contributed by atoms with Crippen molar-refractivity contribution in [1.82, 2.24) is 0 Å². The number of ketones is 1. The van der Waals surface area contributed by atoms with E-state index in [-0.39, 0.29) is 23.3 Å². The van der Waals surface area contributed by atoms with E-state index in [1.165, 1.54) is 12.1 Å². The summed E-state index contributed by atoms with van der Waals surface area (Å²) in [5, 5.41) is 0. The molecule has 82 valence electrons. The van der Waals surface area contributed by atoms with Crippen LogP contribution in [0.25, 0.3) is 0 Å². The number of nitrogen functional groups attached to an aromatic ring is 1. The number of benzene rings is 1. The van der Waals surface area contributed by atoms with Crippen LogP contribution in [0, 0.1) is 17.7 Å². The lowest BCUT2D eigenvalue weighted by Crippen LogP contribution is -2.17. The van der Waals surface area contributed by atoms with Crippen LogP contribution in [0.4, 0.5) is 10.1 Å².